The Bertz CT molecular complexity index is 2560. The van der Waals surface area contributed by atoms with Crippen LogP contribution in [0.25, 0.3) is 0 Å². The lowest BCUT2D eigenvalue weighted by Gasteiger charge is -2.45. The Kier molecular flexibility index (Phi) is 39.6. The van der Waals surface area contributed by atoms with Gasteiger partial charge in [0.25, 0.3) is 0 Å². The van der Waals surface area contributed by atoms with Gasteiger partial charge in [-0.2, -0.15) is 0 Å². The van der Waals surface area contributed by atoms with Gasteiger partial charge < -0.3 is 112 Å². The van der Waals surface area contributed by atoms with E-state index in [-0.39, 0.29) is 137 Å². The van der Waals surface area contributed by atoms with E-state index in [1.165, 1.54) is 33.3 Å². The van der Waals surface area contributed by atoms with Crippen LogP contribution >= 0.6 is 0 Å². The maximum absolute atomic E-state index is 13.7. The Morgan fingerprint density at radius 1 is 0.363 bits per heavy atom. The van der Waals surface area contributed by atoms with Crippen LogP contribution in [0.1, 0.15) is 101 Å². The first kappa shape index (κ1) is 88.6. The topological polar surface area (TPSA) is 485 Å². The van der Waals surface area contributed by atoms with Crippen molar-refractivity contribution < 1.29 is 158 Å². The number of hydrogen-bond donors (Lipinski definition) is 6. The number of nitrogens with zero attached hydrogens (tertiary/aromatic N) is 3. The summed E-state index contributed by atoms with van der Waals surface area (Å²) in [5.74, 6) is -8.88. The number of carbonyl (C=O) groups is 13. The lowest BCUT2D eigenvalue weighted by atomic mass is 9.97. The molecule has 102 heavy (non-hydrogen) atoms. The van der Waals surface area contributed by atoms with Crippen LogP contribution in [-0.2, 0) is 138 Å². The molecular formula is C63H102N6O33. The molecule has 39 nitrogen and oxygen atoms in total. The number of nitrogens with one attached hydrogen (secondary N) is 3. The molecule has 39 heteroatoms. The average molecular weight is 1470 g/mol. The van der Waals surface area contributed by atoms with E-state index in [0.717, 1.165) is 41.5 Å². The Morgan fingerprint density at radius 2 is 0.647 bits per heavy atom. The molecule has 15 atom stereocenters. The maximum atomic E-state index is 13.7. The van der Waals surface area contributed by atoms with Crippen LogP contribution in [-0.4, -0.2) is 332 Å². The summed E-state index contributed by atoms with van der Waals surface area (Å²) in [6.07, 6.45) is -25.3. The van der Waals surface area contributed by atoms with Crippen molar-refractivity contribution in [1.82, 2.24) is 30.7 Å². The summed E-state index contributed by atoms with van der Waals surface area (Å²) in [5, 5.41) is 41.0. The quantitative estimate of drug-likeness (QED) is 0.0197. The molecule has 0 saturated carbocycles. The second kappa shape index (κ2) is 45.5. The minimum Gasteiger partial charge on any atom is -0.469 e. The predicted molar refractivity (Wildman–Crippen MR) is 341 cm³/mol. The Hall–Kier alpha value is -7.57. The molecule has 0 unspecified atom stereocenters. The predicted octanol–water partition coefficient (Wildman–Crippen LogP) is -3.42. The van der Waals surface area contributed by atoms with Crippen LogP contribution in [0.5, 0.6) is 0 Å². The summed E-state index contributed by atoms with van der Waals surface area (Å²) < 4.78 is 94.2. The first-order valence-corrected chi connectivity index (χ1v) is 32.9. The fraction of sp³-hybridized carbons (Fsp3) is 0.794. The van der Waals surface area contributed by atoms with Crippen LogP contribution in [0.4, 0.5) is 4.79 Å². The fourth-order valence-corrected chi connectivity index (χ4v) is 10.6. The molecule has 3 aliphatic heterocycles. The molecule has 0 spiro atoms. The molecule has 0 bridgehead atoms. The van der Waals surface area contributed by atoms with Gasteiger partial charge in [0.15, 0.2) is 55.5 Å². The molecule has 0 radical (unpaired) electrons. The molecule has 3 heterocycles. The van der Waals surface area contributed by atoms with Gasteiger partial charge in [-0.05, 0) is 20.8 Å². The number of amides is 3. The first-order chi connectivity index (χ1) is 48.1. The van der Waals surface area contributed by atoms with Crippen LogP contribution in [0.3, 0.4) is 0 Å². The molecule has 3 rings (SSSR count). The maximum Gasteiger partial charge on any atom is 0.407 e. The standard InChI is InChI=1S/C63H102N6O33/c1-35(70)93-53-42(33-68(25-16-46(78)86-10)26-17-47(79)87-11)100-60(57(97-39(5)74)55(53)95-37(3)72)91-29-20-64-44(76)14-23-67(32-41-50(82)51(83)52(84)59(99-41)90-31-22-66-62(85)102-63(7,8)9)24-15-45(77)65-21-30-92-61-58(98-40(6)75)56(96-38(4)73)54(94-36(2)71)43(101-61)34-69(27-18-48(80)88-12)28-19-49(81)89-13/h41-43,50-61,82-84H,14-34H2,1-13H3,(H,64,76)(H,65,77)(H,66,85)/t41-,42-,43-,50-,51+,52-,53-,54-,55+,56+,57-,58-,59-,60-,61-/m1/s1. The van der Waals surface area contributed by atoms with Gasteiger partial charge in [0.1, 0.15) is 42.2 Å². The summed E-state index contributed by atoms with van der Waals surface area (Å²) in [5.41, 5.74) is -0.819. The number of esters is 10. The van der Waals surface area contributed by atoms with E-state index in [9.17, 15) is 77.6 Å². The molecule has 3 amide bonds. The van der Waals surface area contributed by atoms with Crippen molar-refractivity contribution in [2.45, 2.75) is 199 Å². The average Bonchev–Trinajstić information content (AvgIpc) is 0.797. The van der Waals surface area contributed by atoms with Crippen molar-refractivity contribution in [3.05, 3.63) is 0 Å². The molecular weight excluding hydrogens is 1370 g/mol. The summed E-state index contributed by atoms with van der Waals surface area (Å²) >= 11 is 0. The number of hydrogen-bond acceptors (Lipinski definition) is 36. The molecule has 3 saturated heterocycles. The van der Waals surface area contributed by atoms with E-state index in [1.54, 1.807) is 30.6 Å². The smallest absolute Gasteiger partial charge is 0.407 e. The van der Waals surface area contributed by atoms with Crippen molar-refractivity contribution in [2.75, 3.05) is 127 Å². The van der Waals surface area contributed by atoms with Gasteiger partial charge >= 0.3 is 65.8 Å². The third kappa shape index (κ3) is 33.3. The van der Waals surface area contributed by atoms with E-state index in [4.69, 9.17) is 80.5 Å². The van der Waals surface area contributed by atoms with E-state index in [0.29, 0.717) is 0 Å². The molecule has 3 fully saturated rings. The third-order valence-electron chi connectivity index (χ3n) is 15.2. The number of aliphatic hydroxyl groups excluding tert-OH is 3. The van der Waals surface area contributed by atoms with Gasteiger partial charge in [0.2, 0.25) is 11.8 Å². The Morgan fingerprint density at radius 3 is 0.971 bits per heavy atom. The van der Waals surface area contributed by atoms with Gasteiger partial charge in [0.05, 0.1) is 73.9 Å². The number of ether oxygens (including phenoxy) is 17. The van der Waals surface area contributed by atoms with Crippen molar-refractivity contribution >= 4 is 77.6 Å². The van der Waals surface area contributed by atoms with Crippen molar-refractivity contribution in [2.24, 2.45) is 0 Å². The highest BCUT2D eigenvalue weighted by molar-refractivity contribution is 5.77. The molecule has 0 aromatic heterocycles. The largest absolute Gasteiger partial charge is 0.469 e. The fourth-order valence-electron chi connectivity index (χ4n) is 10.6. The first-order valence-electron chi connectivity index (χ1n) is 32.9. The van der Waals surface area contributed by atoms with E-state index >= 15 is 0 Å². The zero-order valence-electron chi connectivity index (χ0n) is 59.9. The number of methoxy groups -OCH3 is 4. The van der Waals surface area contributed by atoms with Gasteiger partial charge in [-0.15, -0.1) is 0 Å². The summed E-state index contributed by atoms with van der Waals surface area (Å²) in [6, 6.07) is 0. The molecule has 0 aromatic carbocycles. The molecule has 3 aliphatic rings. The monoisotopic (exact) mass is 1470 g/mol. The summed E-state index contributed by atoms with van der Waals surface area (Å²) in [6.45, 7) is 8.54. The zero-order valence-corrected chi connectivity index (χ0v) is 59.9. The van der Waals surface area contributed by atoms with E-state index < -0.39 is 175 Å². The van der Waals surface area contributed by atoms with Gasteiger partial charge in [0, 0.05) is 133 Å². The second-order valence-electron chi connectivity index (χ2n) is 24.5. The van der Waals surface area contributed by atoms with E-state index in [2.05, 4.69) is 16.0 Å². The van der Waals surface area contributed by atoms with Crippen LogP contribution in [0, 0.1) is 0 Å². The summed E-state index contributed by atoms with van der Waals surface area (Å²) in [4.78, 5) is 169. The molecule has 0 aromatic rings. The lowest BCUT2D eigenvalue weighted by molar-refractivity contribution is -0.305. The van der Waals surface area contributed by atoms with E-state index in [1.807, 2.05) is 0 Å². The highest BCUT2D eigenvalue weighted by Crippen LogP contribution is 2.33. The van der Waals surface area contributed by atoms with Crippen LogP contribution < -0.4 is 16.0 Å². The minimum absolute atomic E-state index is 0.0102. The third-order valence-corrected chi connectivity index (χ3v) is 15.2. The minimum atomic E-state index is -1.85. The molecule has 6 N–H and O–H groups in total. The Balaban J connectivity index is 1.89. The number of rotatable bonds is 42. The van der Waals surface area contributed by atoms with Crippen molar-refractivity contribution in [3.63, 3.8) is 0 Å². The van der Waals surface area contributed by atoms with Crippen molar-refractivity contribution in [3.8, 4) is 0 Å². The van der Waals surface area contributed by atoms with Crippen molar-refractivity contribution in [1.29, 1.82) is 0 Å². The number of aliphatic hydroxyl groups is 3. The normalized spacial score (nSPS) is 24.8. The number of alkyl carbamates (subject to hydrolysis) is 1. The van der Waals surface area contributed by atoms with Gasteiger partial charge in [-0.3, -0.25) is 72.2 Å². The Labute approximate surface area is 590 Å². The second-order valence-corrected chi connectivity index (χ2v) is 24.5. The highest BCUT2D eigenvalue weighted by Gasteiger charge is 2.55. The SMILES string of the molecule is COC(=O)CCN(CCC(=O)OC)C[C@H]1O[C@@H](OCCNC(=O)CCN(CCC(=O)NCCO[C@@H]2O[C@H](CN(CCC(=O)OC)CCC(=O)OC)[C@@H](OC(C)=O)[C@H](OC(C)=O)[C@H]2OC(C)=O)C[C@H]2O[C@@H](OCCNC(=O)OC(C)(C)C)[C@H](O)[C@@H](O)[C@@H]2O)[C@H](OC(C)=O)[C@@H](OC(C)=O)[C@@H]1OC(C)=O. The zero-order chi connectivity index (χ0) is 76.4. The summed E-state index contributed by atoms with van der Waals surface area (Å²) in [7, 11) is 4.73. The lowest BCUT2D eigenvalue weighted by Crippen LogP contribution is -2.64. The van der Waals surface area contributed by atoms with Crippen LogP contribution in [0.15, 0.2) is 0 Å². The number of carbonyl (C=O) groups excluding carboxylic acids is 13. The molecule has 0 aliphatic carbocycles. The highest BCUT2D eigenvalue weighted by atomic mass is 16.7. The van der Waals surface area contributed by atoms with Gasteiger partial charge in [-0.25, -0.2) is 4.79 Å². The van der Waals surface area contributed by atoms with Crippen LogP contribution in [0.2, 0.25) is 0 Å². The molecule has 582 valence electrons. The van der Waals surface area contributed by atoms with Gasteiger partial charge in [-0.1, -0.05) is 0 Å².